The van der Waals surface area contributed by atoms with Gasteiger partial charge in [-0.15, -0.1) is 15.3 Å². The van der Waals surface area contributed by atoms with Crippen LogP contribution in [0.3, 0.4) is 0 Å². The van der Waals surface area contributed by atoms with Crippen LogP contribution in [0.4, 0.5) is 4.39 Å². The Balaban J connectivity index is 1.34. The Hall–Kier alpha value is -3.33. The molecule has 1 aliphatic heterocycles. The third kappa shape index (κ3) is 2.83. The number of aromatic hydroxyl groups is 1. The van der Waals surface area contributed by atoms with Crippen molar-refractivity contribution in [2.45, 2.75) is 43.4 Å². The third-order valence-electron chi connectivity index (χ3n) is 6.79. The van der Waals surface area contributed by atoms with E-state index in [4.69, 9.17) is 0 Å². The Morgan fingerprint density at radius 2 is 2.03 bits per heavy atom. The van der Waals surface area contributed by atoms with Gasteiger partial charge in [0.05, 0.1) is 35.4 Å². The number of fused-ring (bicyclic) bond motifs is 1. The van der Waals surface area contributed by atoms with Gasteiger partial charge in [-0.2, -0.15) is 0 Å². The number of nitrogens with one attached hydrogen (secondary N) is 1. The number of hydrogen-bond donors (Lipinski definition) is 2. The second kappa shape index (κ2) is 6.84. The quantitative estimate of drug-likeness (QED) is 0.530. The Morgan fingerprint density at radius 1 is 1.13 bits per heavy atom. The van der Waals surface area contributed by atoms with Crippen molar-refractivity contribution in [3.63, 3.8) is 0 Å². The van der Waals surface area contributed by atoms with Crippen LogP contribution in [-0.4, -0.2) is 53.1 Å². The molecule has 2 aliphatic rings. The van der Waals surface area contributed by atoms with E-state index in [9.17, 15) is 5.11 Å². The van der Waals surface area contributed by atoms with Gasteiger partial charge in [0.25, 0.3) is 0 Å². The zero-order chi connectivity index (χ0) is 21.0. The molecule has 6 rings (SSSR count). The summed E-state index contributed by atoms with van der Waals surface area (Å²) in [5.74, 6) is 0.0789. The third-order valence-corrected chi connectivity index (χ3v) is 6.79. The summed E-state index contributed by atoms with van der Waals surface area (Å²) in [6, 6.07) is 8.81. The topological polar surface area (TPSA) is 93.7 Å². The van der Waals surface area contributed by atoms with E-state index >= 15 is 4.39 Å². The van der Waals surface area contributed by atoms with Crippen molar-refractivity contribution in [1.29, 1.82) is 0 Å². The molecule has 2 N–H and O–H groups in total. The van der Waals surface area contributed by atoms with Gasteiger partial charge in [0.1, 0.15) is 11.9 Å². The Labute approximate surface area is 177 Å². The molecule has 31 heavy (non-hydrogen) atoms. The van der Waals surface area contributed by atoms with Crippen LogP contribution >= 0.6 is 0 Å². The predicted octanol–water partition coefficient (Wildman–Crippen LogP) is 3.18. The van der Waals surface area contributed by atoms with Crippen LogP contribution < -0.4 is 5.32 Å². The largest absolute Gasteiger partial charge is 0.507 e. The lowest BCUT2D eigenvalue weighted by molar-refractivity contribution is 0.00656. The minimum Gasteiger partial charge on any atom is -0.507 e. The fraction of sp³-hybridized carbons (Fsp3) is 0.364. The van der Waals surface area contributed by atoms with Crippen molar-refractivity contribution in [3.8, 4) is 22.7 Å². The summed E-state index contributed by atoms with van der Waals surface area (Å²) in [5, 5.41) is 31.3. The molecule has 1 saturated heterocycles. The van der Waals surface area contributed by atoms with E-state index in [-0.39, 0.29) is 17.3 Å². The first-order chi connectivity index (χ1) is 15.1. The standard InChI is InChI=1S/C22H22FN7O/c23-20-18(4-8-24-22(20)6-1-7-22)29-10-5-14-12-17(26-27-21(14)29)16-3-2-15(13-19(16)31)30-11-9-25-28-30/h2-3,5,9-13,18,20,24,31H,1,4,6-8H2/t18-,20-/m1/s1. The average Bonchev–Trinajstić information content (AvgIpc) is 3.42. The molecule has 0 bridgehead atoms. The molecule has 0 unspecified atom stereocenters. The number of alkyl halides is 1. The fourth-order valence-electron chi connectivity index (χ4n) is 4.95. The molecular formula is C22H22FN7O. The Bertz CT molecular complexity index is 1250. The maximum atomic E-state index is 15.4. The first kappa shape index (κ1) is 18.4. The van der Waals surface area contributed by atoms with Crippen LogP contribution in [0.15, 0.2) is 48.9 Å². The second-order valence-corrected chi connectivity index (χ2v) is 8.47. The van der Waals surface area contributed by atoms with Gasteiger partial charge in [0.15, 0.2) is 5.65 Å². The van der Waals surface area contributed by atoms with Gasteiger partial charge >= 0.3 is 0 Å². The molecular weight excluding hydrogens is 397 g/mol. The van der Waals surface area contributed by atoms with Crippen molar-refractivity contribution in [2.24, 2.45) is 0 Å². The van der Waals surface area contributed by atoms with Gasteiger partial charge in [-0.25, -0.2) is 9.07 Å². The summed E-state index contributed by atoms with van der Waals surface area (Å²) < 4.78 is 18.9. The van der Waals surface area contributed by atoms with Gasteiger partial charge in [-0.05, 0) is 56.5 Å². The van der Waals surface area contributed by atoms with Crippen LogP contribution in [0.25, 0.3) is 28.0 Å². The van der Waals surface area contributed by atoms with Crippen LogP contribution in [0.1, 0.15) is 31.7 Å². The van der Waals surface area contributed by atoms with E-state index in [0.717, 1.165) is 37.6 Å². The van der Waals surface area contributed by atoms with E-state index in [1.54, 1.807) is 29.2 Å². The van der Waals surface area contributed by atoms with Crippen LogP contribution in [0.2, 0.25) is 0 Å². The number of hydrogen-bond acceptors (Lipinski definition) is 6. The van der Waals surface area contributed by atoms with E-state index < -0.39 is 6.17 Å². The van der Waals surface area contributed by atoms with Gasteiger partial charge < -0.3 is 15.0 Å². The molecule has 0 radical (unpaired) electrons. The second-order valence-electron chi connectivity index (χ2n) is 8.47. The maximum absolute atomic E-state index is 15.4. The summed E-state index contributed by atoms with van der Waals surface area (Å²) in [7, 11) is 0. The number of phenolic OH excluding ortho intramolecular Hbond substituents is 1. The van der Waals surface area contributed by atoms with Crippen LogP contribution in [0.5, 0.6) is 5.75 Å². The summed E-state index contributed by atoms with van der Waals surface area (Å²) >= 11 is 0. The SMILES string of the molecule is Oc1cc(-n2ccnn2)ccc1-c1cc2ccn([C@@H]3CCNC4(CCC4)[C@@H]3F)c2nn1. The molecule has 1 aromatic carbocycles. The molecule has 1 saturated carbocycles. The highest BCUT2D eigenvalue weighted by atomic mass is 19.1. The number of piperidine rings is 1. The molecule has 3 aromatic heterocycles. The molecule has 8 nitrogen and oxygen atoms in total. The van der Waals surface area contributed by atoms with E-state index in [0.29, 0.717) is 22.6 Å². The van der Waals surface area contributed by atoms with E-state index in [1.165, 1.54) is 0 Å². The first-order valence-electron chi connectivity index (χ1n) is 10.6. The average molecular weight is 419 g/mol. The zero-order valence-corrected chi connectivity index (χ0v) is 16.8. The van der Waals surface area contributed by atoms with Crippen LogP contribution in [0, 0.1) is 0 Å². The summed E-state index contributed by atoms with van der Waals surface area (Å²) in [5.41, 5.74) is 2.13. The van der Waals surface area contributed by atoms with Gasteiger partial charge in [-0.3, -0.25) is 0 Å². The van der Waals surface area contributed by atoms with Crippen molar-refractivity contribution in [1.82, 2.24) is 35.1 Å². The number of nitrogens with zero attached hydrogens (tertiary/aromatic N) is 6. The van der Waals surface area contributed by atoms with Crippen LogP contribution in [-0.2, 0) is 0 Å². The normalized spacial score (nSPS) is 22.6. The van der Waals surface area contributed by atoms with Crippen molar-refractivity contribution >= 4 is 11.0 Å². The summed E-state index contributed by atoms with van der Waals surface area (Å²) in [6.45, 7) is 0.808. The van der Waals surface area contributed by atoms with E-state index in [2.05, 4.69) is 25.8 Å². The lowest BCUT2D eigenvalue weighted by atomic mass is 9.69. The lowest BCUT2D eigenvalue weighted by Crippen LogP contribution is -2.63. The molecule has 1 spiro atoms. The number of benzene rings is 1. The first-order valence-corrected chi connectivity index (χ1v) is 10.6. The minimum atomic E-state index is -0.944. The summed E-state index contributed by atoms with van der Waals surface area (Å²) in [4.78, 5) is 0. The van der Waals surface area contributed by atoms with Gasteiger partial charge in [-0.1, -0.05) is 5.21 Å². The lowest BCUT2D eigenvalue weighted by Gasteiger charge is -2.51. The predicted molar refractivity (Wildman–Crippen MR) is 113 cm³/mol. The maximum Gasteiger partial charge on any atom is 0.162 e. The van der Waals surface area contributed by atoms with E-state index in [1.807, 2.05) is 29.0 Å². The number of aromatic nitrogens is 6. The van der Waals surface area contributed by atoms with Crippen molar-refractivity contribution < 1.29 is 9.50 Å². The van der Waals surface area contributed by atoms with Gasteiger partial charge in [0, 0.05) is 23.2 Å². The molecule has 1 aliphatic carbocycles. The van der Waals surface area contributed by atoms with Crippen molar-refractivity contribution in [2.75, 3.05) is 6.54 Å². The molecule has 4 aromatic rings. The molecule has 158 valence electrons. The Morgan fingerprint density at radius 3 is 2.77 bits per heavy atom. The number of rotatable bonds is 3. The number of phenols is 1. The highest BCUT2D eigenvalue weighted by Crippen LogP contribution is 2.44. The molecule has 2 fully saturated rings. The van der Waals surface area contributed by atoms with Crippen molar-refractivity contribution in [3.05, 3.63) is 48.9 Å². The zero-order valence-electron chi connectivity index (χ0n) is 16.8. The highest BCUT2D eigenvalue weighted by molar-refractivity contribution is 5.81. The molecule has 9 heteroatoms. The molecule has 2 atom stereocenters. The summed E-state index contributed by atoms with van der Waals surface area (Å²) in [6.07, 6.45) is 7.83. The monoisotopic (exact) mass is 419 g/mol. The highest BCUT2D eigenvalue weighted by Gasteiger charge is 2.50. The van der Waals surface area contributed by atoms with Gasteiger partial charge in [0.2, 0.25) is 0 Å². The Kier molecular flexibility index (Phi) is 4.07. The molecule has 0 amide bonds. The molecule has 4 heterocycles. The fourth-order valence-corrected chi connectivity index (χ4v) is 4.95. The smallest absolute Gasteiger partial charge is 0.162 e. The minimum absolute atomic E-state index is 0.0789. The number of halogens is 1.